The molecule has 0 radical (unpaired) electrons. The summed E-state index contributed by atoms with van der Waals surface area (Å²) in [6, 6.07) is 0. The molecule has 96 valence electrons. The van der Waals surface area contributed by atoms with Gasteiger partial charge in [0.2, 0.25) is 0 Å². The Hall–Kier alpha value is -0.890. The second-order valence-corrected chi connectivity index (χ2v) is 5.87. The summed E-state index contributed by atoms with van der Waals surface area (Å²) < 4.78 is 0. The monoisotopic (exact) mass is 236 g/mol. The van der Waals surface area contributed by atoms with Gasteiger partial charge in [-0.15, -0.1) is 0 Å². The summed E-state index contributed by atoms with van der Waals surface area (Å²) >= 11 is 0. The van der Waals surface area contributed by atoms with Crippen LogP contribution in [0.3, 0.4) is 0 Å². The Bertz CT molecular complexity index is 342. The molecule has 17 heavy (non-hydrogen) atoms. The summed E-state index contributed by atoms with van der Waals surface area (Å²) in [6.07, 6.45) is 7.51. The molecule has 0 aromatic rings. The Labute approximate surface area is 104 Å². The number of allylic oxidation sites excluding steroid dienone is 4. The van der Waals surface area contributed by atoms with E-state index in [2.05, 4.69) is 13.0 Å². The number of carbonyl (C=O) groups excluding carboxylic acids is 1. The van der Waals surface area contributed by atoms with Crippen LogP contribution < -0.4 is 0 Å². The number of ketones is 1. The van der Waals surface area contributed by atoms with E-state index in [4.69, 9.17) is 0 Å². The third-order valence-electron chi connectivity index (χ3n) is 3.28. The highest BCUT2D eigenvalue weighted by Gasteiger charge is 2.19. The molecule has 0 bridgehead atoms. The van der Waals surface area contributed by atoms with Crippen LogP contribution in [0, 0.1) is 5.92 Å². The van der Waals surface area contributed by atoms with Crippen molar-refractivity contribution in [2.24, 2.45) is 5.92 Å². The molecule has 0 unspecified atom stereocenters. The lowest BCUT2D eigenvalue weighted by molar-refractivity contribution is -0.118. The normalized spacial score (nSPS) is 22.3. The van der Waals surface area contributed by atoms with Crippen LogP contribution in [0.2, 0.25) is 0 Å². The van der Waals surface area contributed by atoms with Gasteiger partial charge in [-0.3, -0.25) is 4.79 Å². The first kappa shape index (κ1) is 14.2. The first-order valence-corrected chi connectivity index (χ1v) is 6.37. The third kappa shape index (κ3) is 5.31. The first-order valence-electron chi connectivity index (χ1n) is 6.37. The van der Waals surface area contributed by atoms with Crippen molar-refractivity contribution in [3.05, 3.63) is 23.3 Å². The summed E-state index contributed by atoms with van der Waals surface area (Å²) in [5.74, 6) is 0.533. The molecule has 1 aliphatic rings. The molecule has 2 nitrogen and oxygen atoms in total. The minimum atomic E-state index is -0.906. The Morgan fingerprint density at radius 3 is 2.71 bits per heavy atom. The zero-order valence-electron chi connectivity index (χ0n) is 11.4. The van der Waals surface area contributed by atoms with E-state index in [1.54, 1.807) is 19.9 Å². The van der Waals surface area contributed by atoms with E-state index in [0.717, 1.165) is 24.8 Å². The van der Waals surface area contributed by atoms with Gasteiger partial charge in [0.05, 0.1) is 5.60 Å². The molecule has 1 rings (SSSR count). The fourth-order valence-corrected chi connectivity index (χ4v) is 2.23. The molecule has 0 saturated heterocycles. The summed E-state index contributed by atoms with van der Waals surface area (Å²) in [4.78, 5) is 11.7. The van der Waals surface area contributed by atoms with E-state index in [9.17, 15) is 9.90 Å². The molecule has 0 amide bonds. The fraction of sp³-hybridized carbons (Fsp3) is 0.667. The maximum Gasteiger partial charge on any atom is 0.158 e. The van der Waals surface area contributed by atoms with E-state index < -0.39 is 5.60 Å². The second kappa shape index (κ2) is 5.63. The van der Waals surface area contributed by atoms with E-state index in [1.165, 1.54) is 5.57 Å². The Morgan fingerprint density at radius 1 is 1.59 bits per heavy atom. The summed E-state index contributed by atoms with van der Waals surface area (Å²) in [5, 5.41) is 9.59. The van der Waals surface area contributed by atoms with Crippen molar-refractivity contribution < 1.29 is 9.90 Å². The number of hydrogen-bond donors (Lipinski definition) is 1. The minimum Gasteiger partial charge on any atom is -0.390 e. The molecule has 1 atom stereocenters. The number of hydrogen-bond acceptors (Lipinski definition) is 2. The molecule has 1 aliphatic carbocycles. The molecular formula is C15H24O2. The average molecular weight is 236 g/mol. The molecule has 0 spiro atoms. The lowest BCUT2D eigenvalue weighted by Crippen LogP contribution is -2.22. The molecular weight excluding hydrogens is 212 g/mol. The van der Waals surface area contributed by atoms with Gasteiger partial charge in [-0.1, -0.05) is 17.2 Å². The van der Waals surface area contributed by atoms with Crippen LogP contribution in [0.1, 0.15) is 53.4 Å². The van der Waals surface area contributed by atoms with Gasteiger partial charge in [0.15, 0.2) is 5.78 Å². The molecule has 0 aliphatic heterocycles. The van der Waals surface area contributed by atoms with Crippen molar-refractivity contribution in [3.8, 4) is 0 Å². The lowest BCUT2D eigenvalue weighted by atomic mass is 9.84. The van der Waals surface area contributed by atoms with Gasteiger partial charge in [0.1, 0.15) is 0 Å². The quantitative estimate of drug-likeness (QED) is 0.600. The lowest BCUT2D eigenvalue weighted by Gasteiger charge is -2.21. The molecule has 0 saturated carbocycles. The Balaban J connectivity index is 2.58. The van der Waals surface area contributed by atoms with Crippen LogP contribution in [-0.2, 0) is 4.79 Å². The van der Waals surface area contributed by atoms with Gasteiger partial charge in [-0.25, -0.2) is 0 Å². The summed E-state index contributed by atoms with van der Waals surface area (Å²) in [7, 11) is 0. The summed E-state index contributed by atoms with van der Waals surface area (Å²) in [6.45, 7) is 7.53. The maximum absolute atomic E-state index is 11.7. The highest BCUT2D eigenvalue weighted by atomic mass is 16.3. The number of carbonyl (C=O) groups is 1. The highest BCUT2D eigenvalue weighted by Crippen LogP contribution is 2.28. The summed E-state index contributed by atoms with van der Waals surface area (Å²) in [5.41, 5.74) is 1.71. The smallest absolute Gasteiger partial charge is 0.158 e. The van der Waals surface area contributed by atoms with Crippen LogP contribution >= 0.6 is 0 Å². The van der Waals surface area contributed by atoms with E-state index in [0.29, 0.717) is 5.92 Å². The minimum absolute atomic E-state index is 0.0290. The zero-order chi connectivity index (χ0) is 13.1. The fourth-order valence-electron chi connectivity index (χ4n) is 2.23. The van der Waals surface area contributed by atoms with Crippen LogP contribution in [0.4, 0.5) is 0 Å². The largest absolute Gasteiger partial charge is 0.390 e. The van der Waals surface area contributed by atoms with Crippen molar-refractivity contribution in [2.45, 2.75) is 59.0 Å². The first-order chi connectivity index (χ1) is 7.78. The average Bonchev–Trinajstić information content (AvgIpc) is 2.15. The van der Waals surface area contributed by atoms with Crippen molar-refractivity contribution in [1.82, 2.24) is 0 Å². The zero-order valence-corrected chi connectivity index (χ0v) is 11.4. The molecule has 0 aromatic heterocycles. The topological polar surface area (TPSA) is 37.3 Å². The standard InChI is InChI=1S/C15H24O2/c1-11-5-7-13(8-6-11)12(2)9-14(16)10-15(3,4)17/h5,9,13,17H,6-8,10H2,1-4H3/t13-/m1/s1. The van der Waals surface area contributed by atoms with Crippen molar-refractivity contribution in [1.29, 1.82) is 0 Å². The Kier molecular flexibility index (Phi) is 4.70. The van der Waals surface area contributed by atoms with Crippen LogP contribution in [0.5, 0.6) is 0 Å². The van der Waals surface area contributed by atoms with E-state index in [1.807, 2.05) is 6.92 Å². The SMILES string of the molecule is CC1=CC[C@@H](C(C)=CC(=O)CC(C)(C)O)CC1. The van der Waals surface area contributed by atoms with Crippen molar-refractivity contribution in [2.75, 3.05) is 0 Å². The van der Waals surface area contributed by atoms with Gasteiger partial charge in [0, 0.05) is 6.42 Å². The third-order valence-corrected chi connectivity index (χ3v) is 3.28. The van der Waals surface area contributed by atoms with Gasteiger partial charge < -0.3 is 5.11 Å². The molecule has 0 fully saturated rings. The second-order valence-electron chi connectivity index (χ2n) is 5.87. The molecule has 0 heterocycles. The molecule has 0 aromatic carbocycles. The van der Waals surface area contributed by atoms with Crippen LogP contribution in [0.25, 0.3) is 0 Å². The predicted molar refractivity (Wildman–Crippen MR) is 70.8 cm³/mol. The van der Waals surface area contributed by atoms with Crippen LogP contribution in [0.15, 0.2) is 23.3 Å². The van der Waals surface area contributed by atoms with Crippen LogP contribution in [-0.4, -0.2) is 16.5 Å². The van der Waals surface area contributed by atoms with E-state index in [-0.39, 0.29) is 12.2 Å². The Morgan fingerprint density at radius 2 is 2.24 bits per heavy atom. The van der Waals surface area contributed by atoms with Gasteiger partial charge in [-0.05, 0) is 59.0 Å². The highest BCUT2D eigenvalue weighted by molar-refractivity contribution is 5.91. The molecule has 2 heteroatoms. The van der Waals surface area contributed by atoms with Gasteiger partial charge in [0.25, 0.3) is 0 Å². The van der Waals surface area contributed by atoms with Gasteiger partial charge >= 0.3 is 0 Å². The van der Waals surface area contributed by atoms with Crippen molar-refractivity contribution in [3.63, 3.8) is 0 Å². The number of aliphatic hydroxyl groups is 1. The number of rotatable bonds is 4. The van der Waals surface area contributed by atoms with E-state index >= 15 is 0 Å². The van der Waals surface area contributed by atoms with Crippen molar-refractivity contribution >= 4 is 5.78 Å². The maximum atomic E-state index is 11.7. The van der Waals surface area contributed by atoms with Gasteiger partial charge in [-0.2, -0.15) is 0 Å². The predicted octanol–water partition coefficient (Wildman–Crippen LogP) is 3.41. The molecule has 1 N–H and O–H groups in total.